The second-order valence-electron chi connectivity index (χ2n) is 9.27. The zero-order valence-corrected chi connectivity index (χ0v) is 19.9. The van der Waals surface area contributed by atoms with Gasteiger partial charge < -0.3 is 10.1 Å². The standard InChI is InChI=1S/C22H30N6O2S/c1-21(2,3)17-12-18(28(26-17)22(4,5)6)24-19(29)13-31-20-25-23-14-27(20)15-8-10-16(30-7)11-9-15/h8-12,14H,13H2,1-7H3,(H,24,29). The second-order valence-corrected chi connectivity index (χ2v) is 10.2. The molecule has 0 unspecified atom stereocenters. The third-order valence-corrected chi connectivity index (χ3v) is 5.52. The van der Waals surface area contributed by atoms with Crippen LogP contribution in [0.1, 0.15) is 47.2 Å². The molecule has 2 aromatic heterocycles. The van der Waals surface area contributed by atoms with Gasteiger partial charge in [0.25, 0.3) is 0 Å². The van der Waals surface area contributed by atoms with E-state index in [0.717, 1.165) is 17.1 Å². The molecule has 0 atom stereocenters. The van der Waals surface area contributed by atoms with Gasteiger partial charge in [0.1, 0.15) is 17.9 Å². The minimum Gasteiger partial charge on any atom is -0.497 e. The van der Waals surface area contributed by atoms with E-state index in [1.54, 1.807) is 13.4 Å². The summed E-state index contributed by atoms with van der Waals surface area (Å²) in [5, 5.41) is 16.5. The summed E-state index contributed by atoms with van der Waals surface area (Å²) in [6.45, 7) is 12.5. The van der Waals surface area contributed by atoms with Crippen molar-refractivity contribution >= 4 is 23.5 Å². The minimum atomic E-state index is -0.256. The van der Waals surface area contributed by atoms with E-state index in [9.17, 15) is 4.79 Å². The highest BCUT2D eigenvalue weighted by Gasteiger charge is 2.26. The molecule has 3 aromatic rings. The molecule has 1 amide bonds. The van der Waals surface area contributed by atoms with Crippen LogP contribution in [0.4, 0.5) is 5.82 Å². The number of anilines is 1. The number of benzene rings is 1. The largest absolute Gasteiger partial charge is 0.497 e. The number of aromatic nitrogens is 5. The third-order valence-electron chi connectivity index (χ3n) is 4.58. The van der Waals surface area contributed by atoms with Crippen molar-refractivity contribution in [3.8, 4) is 11.4 Å². The van der Waals surface area contributed by atoms with E-state index in [1.807, 2.05) is 39.6 Å². The normalized spacial score (nSPS) is 12.1. The van der Waals surface area contributed by atoms with Crippen molar-refractivity contribution in [3.63, 3.8) is 0 Å². The van der Waals surface area contributed by atoms with E-state index in [1.165, 1.54) is 11.8 Å². The lowest BCUT2D eigenvalue weighted by Gasteiger charge is -2.23. The number of hydrogen-bond donors (Lipinski definition) is 1. The highest BCUT2D eigenvalue weighted by atomic mass is 32.2. The predicted molar refractivity (Wildman–Crippen MR) is 123 cm³/mol. The molecule has 0 saturated heterocycles. The van der Waals surface area contributed by atoms with E-state index in [0.29, 0.717) is 11.0 Å². The highest BCUT2D eigenvalue weighted by molar-refractivity contribution is 7.99. The van der Waals surface area contributed by atoms with Crippen molar-refractivity contribution in [3.05, 3.63) is 42.4 Å². The first-order valence-corrected chi connectivity index (χ1v) is 11.1. The number of nitrogens with zero attached hydrogens (tertiary/aromatic N) is 5. The van der Waals surface area contributed by atoms with Crippen molar-refractivity contribution in [2.75, 3.05) is 18.2 Å². The van der Waals surface area contributed by atoms with Crippen molar-refractivity contribution in [2.45, 2.75) is 57.7 Å². The van der Waals surface area contributed by atoms with Gasteiger partial charge in [-0.25, -0.2) is 4.68 Å². The second kappa shape index (κ2) is 8.74. The fourth-order valence-corrected chi connectivity index (χ4v) is 3.63. The van der Waals surface area contributed by atoms with Crippen LogP contribution in [0.25, 0.3) is 5.69 Å². The van der Waals surface area contributed by atoms with Crippen LogP contribution in [0.3, 0.4) is 0 Å². The van der Waals surface area contributed by atoms with Crippen LogP contribution in [0.15, 0.2) is 41.8 Å². The number of hydrogen-bond acceptors (Lipinski definition) is 6. The molecule has 0 bridgehead atoms. The molecular weight excluding hydrogens is 412 g/mol. The Bertz CT molecular complexity index is 1040. The zero-order valence-electron chi connectivity index (χ0n) is 19.1. The van der Waals surface area contributed by atoms with Crippen LogP contribution in [0.2, 0.25) is 0 Å². The van der Waals surface area contributed by atoms with Gasteiger partial charge in [-0.2, -0.15) is 5.10 Å². The Morgan fingerprint density at radius 1 is 1.13 bits per heavy atom. The van der Waals surface area contributed by atoms with E-state index >= 15 is 0 Å². The molecule has 1 aromatic carbocycles. The summed E-state index contributed by atoms with van der Waals surface area (Å²) in [6.07, 6.45) is 1.63. The van der Waals surface area contributed by atoms with Gasteiger partial charge in [0.05, 0.1) is 24.1 Å². The first kappa shape index (κ1) is 22.9. The Morgan fingerprint density at radius 2 is 1.81 bits per heavy atom. The first-order chi connectivity index (χ1) is 14.5. The van der Waals surface area contributed by atoms with Crippen LogP contribution in [-0.4, -0.2) is 43.3 Å². The Balaban J connectivity index is 1.72. The summed E-state index contributed by atoms with van der Waals surface area (Å²) in [5.41, 5.74) is 1.46. The summed E-state index contributed by atoms with van der Waals surface area (Å²) < 4.78 is 8.92. The molecule has 9 heteroatoms. The van der Waals surface area contributed by atoms with E-state index in [2.05, 4.69) is 57.1 Å². The Kier molecular flexibility index (Phi) is 6.45. The van der Waals surface area contributed by atoms with Gasteiger partial charge in [-0.05, 0) is 45.0 Å². The summed E-state index contributed by atoms with van der Waals surface area (Å²) in [6, 6.07) is 9.53. The maximum absolute atomic E-state index is 12.7. The molecule has 0 saturated carbocycles. The maximum atomic E-state index is 12.7. The number of thioether (sulfide) groups is 1. The number of amides is 1. The fourth-order valence-electron chi connectivity index (χ4n) is 2.90. The van der Waals surface area contributed by atoms with Gasteiger partial charge in [-0.15, -0.1) is 10.2 Å². The summed E-state index contributed by atoms with van der Waals surface area (Å²) in [4.78, 5) is 12.7. The molecule has 0 aliphatic carbocycles. The van der Waals surface area contributed by atoms with Gasteiger partial charge in [-0.3, -0.25) is 9.36 Å². The number of carbonyl (C=O) groups is 1. The summed E-state index contributed by atoms with van der Waals surface area (Å²) >= 11 is 1.33. The van der Waals surface area contributed by atoms with Gasteiger partial charge in [0, 0.05) is 17.2 Å². The molecule has 2 heterocycles. The fraction of sp³-hybridized carbons (Fsp3) is 0.455. The lowest BCUT2D eigenvalue weighted by atomic mass is 9.92. The monoisotopic (exact) mass is 442 g/mol. The Labute approximate surface area is 187 Å². The smallest absolute Gasteiger partial charge is 0.235 e. The van der Waals surface area contributed by atoms with Crippen LogP contribution < -0.4 is 10.1 Å². The third kappa shape index (κ3) is 5.46. The molecule has 0 radical (unpaired) electrons. The van der Waals surface area contributed by atoms with Crippen LogP contribution >= 0.6 is 11.8 Å². The topological polar surface area (TPSA) is 86.9 Å². The molecule has 0 aliphatic heterocycles. The number of nitrogens with one attached hydrogen (secondary N) is 1. The lowest BCUT2D eigenvalue weighted by molar-refractivity contribution is -0.113. The van der Waals surface area contributed by atoms with Crippen LogP contribution in [0.5, 0.6) is 5.75 Å². The quantitative estimate of drug-likeness (QED) is 0.574. The number of methoxy groups -OCH3 is 1. The maximum Gasteiger partial charge on any atom is 0.235 e. The molecule has 166 valence electrons. The molecule has 0 fully saturated rings. The van der Waals surface area contributed by atoms with Crippen molar-refractivity contribution < 1.29 is 9.53 Å². The van der Waals surface area contributed by atoms with Crippen LogP contribution in [0, 0.1) is 0 Å². The number of ether oxygens (including phenoxy) is 1. The van der Waals surface area contributed by atoms with Crippen molar-refractivity contribution in [1.82, 2.24) is 24.5 Å². The molecular formula is C22H30N6O2S. The molecule has 1 N–H and O–H groups in total. The molecule has 31 heavy (non-hydrogen) atoms. The molecule has 0 spiro atoms. The number of rotatable bonds is 6. The van der Waals surface area contributed by atoms with E-state index in [4.69, 9.17) is 9.84 Å². The summed E-state index contributed by atoms with van der Waals surface area (Å²) in [7, 11) is 1.63. The number of carbonyl (C=O) groups excluding carboxylic acids is 1. The van der Waals surface area contributed by atoms with E-state index in [-0.39, 0.29) is 22.6 Å². The average molecular weight is 443 g/mol. The zero-order chi connectivity index (χ0) is 22.8. The van der Waals surface area contributed by atoms with E-state index < -0.39 is 0 Å². The average Bonchev–Trinajstić information content (AvgIpc) is 3.33. The van der Waals surface area contributed by atoms with Gasteiger partial charge in [0.15, 0.2) is 5.16 Å². The van der Waals surface area contributed by atoms with Crippen molar-refractivity contribution in [1.29, 1.82) is 0 Å². The first-order valence-electron chi connectivity index (χ1n) is 10.1. The van der Waals surface area contributed by atoms with Gasteiger partial charge >= 0.3 is 0 Å². The highest BCUT2D eigenvalue weighted by Crippen LogP contribution is 2.28. The van der Waals surface area contributed by atoms with Crippen molar-refractivity contribution in [2.24, 2.45) is 0 Å². The molecule has 3 rings (SSSR count). The summed E-state index contributed by atoms with van der Waals surface area (Å²) in [5.74, 6) is 1.55. The SMILES string of the molecule is COc1ccc(-n2cnnc2SCC(=O)Nc2cc(C(C)(C)C)nn2C(C)(C)C)cc1. The predicted octanol–water partition coefficient (Wildman–Crippen LogP) is 4.26. The lowest BCUT2D eigenvalue weighted by Crippen LogP contribution is -2.27. The van der Waals surface area contributed by atoms with Crippen LogP contribution in [-0.2, 0) is 15.7 Å². The Morgan fingerprint density at radius 3 is 2.39 bits per heavy atom. The molecule has 0 aliphatic rings. The van der Waals surface area contributed by atoms with Gasteiger partial charge in [0.2, 0.25) is 5.91 Å². The Hall–Kier alpha value is -2.81. The molecule has 8 nitrogen and oxygen atoms in total. The minimum absolute atomic E-state index is 0.112. The van der Waals surface area contributed by atoms with Gasteiger partial charge in [-0.1, -0.05) is 32.5 Å².